The second kappa shape index (κ2) is 3.37. The van der Waals surface area contributed by atoms with Crippen LogP contribution < -0.4 is 4.57 Å². The van der Waals surface area contributed by atoms with Crippen LogP contribution >= 0.6 is 0 Å². The van der Waals surface area contributed by atoms with E-state index in [1.54, 1.807) is 0 Å². The van der Waals surface area contributed by atoms with Crippen LogP contribution in [0.2, 0.25) is 0 Å². The topological polar surface area (TPSA) is 21.4 Å². The van der Waals surface area contributed by atoms with Crippen LogP contribution in [0.25, 0.3) is 38.3 Å². The summed E-state index contributed by atoms with van der Waals surface area (Å²) in [5.41, 5.74) is 7.25. The van der Waals surface area contributed by atoms with E-state index in [1.807, 2.05) is 12.3 Å². The molecule has 0 atom stereocenters. The standard InChI is InChI=1S/C18H15N2O/c1-10-4-5-12-11(2)8-20-13-9-21-14-6-7-19(3)18(16(13)14)15(10)17(12)20/h4-9H,1-3H3/q+1. The Labute approximate surface area is 121 Å². The molecule has 0 spiro atoms. The molecule has 3 heteroatoms. The van der Waals surface area contributed by atoms with Crippen molar-refractivity contribution in [1.82, 2.24) is 4.40 Å². The molecule has 0 fully saturated rings. The van der Waals surface area contributed by atoms with Crippen molar-refractivity contribution >= 4 is 38.3 Å². The lowest BCUT2D eigenvalue weighted by Gasteiger charge is -2.07. The first kappa shape index (κ1) is 11.1. The second-order valence-corrected chi connectivity index (χ2v) is 5.97. The van der Waals surface area contributed by atoms with Gasteiger partial charge in [-0.15, -0.1) is 0 Å². The quantitative estimate of drug-likeness (QED) is 0.310. The van der Waals surface area contributed by atoms with Gasteiger partial charge in [0.15, 0.2) is 6.20 Å². The number of hydrogen-bond donors (Lipinski definition) is 0. The summed E-state index contributed by atoms with van der Waals surface area (Å²) >= 11 is 0. The number of benzene rings is 1. The minimum atomic E-state index is 0.950. The Kier molecular flexibility index (Phi) is 1.79. The molecule has 0 N–H and O–H groups in total. The maximum atomic E-state index is 5.79. The van der Waals surface area contributed by atoms with Gasteiger partial charge in [-0.1, -0.05) is 12.1 Å². The van der Waals surface area contributed by atoms with Gasteiger partial charge >= 0.3 is 0 Å². The Morgan fingerprint density at radius 3 is 2.76 bits per heavy atom. The maximum absolute atomic E-state index is 5.79. The number of nitrogens with zero attached hydrogens (tertiary/aromatic N) is 2. The van der Waals surface area contributed by atoms with E-state index in [4.69, 9.17) is 4.42 Å². The van der Waals surface area contributed by atoms with Crippen molar-refractivity contribution in [1.29, 1.82) is 0 Å². The highest BCUT2D eigenvalue weighted by molar-refractivity contribution is 6.19. The first-order chi connectivity index (χ1) is 10.2. The predicted octanol–water partition coefficient (Wildman–Crippen LogP) is 3.87. The van der Waals surface area contributed by atoms with Gasteiger partial charge in [0, 0.05) is 17.6 Å². The van der Waals surface area contributed by atoms with E-state index in [2.05, 4.69) is 54.4 Å². The minimum absolute atomic E-state index is 0.950. The third-order valence-electron chi connectivity index (χ3n) is 4.71. The van der Waals surface area contributed by atoms with Gasteiger partial charge in [-0.05, 0) is 25.0 Å². The van der Waals surface area contributed by atoms with Gasteiger partial charge in [0.2, 0.25) is 5.52 Å². The van der Waals surface area contributed by atoms with Crippen LogP contribution in [0.15, 0.2) is 41.3 Å². The van der Waals surface area contributed by atoms with E-state index in [0.717, 1.165) is 11.1 Å². The van der Waals surface area contributed by atoms with E-state index in [1.165, 1.54) is 38.3 Å². The number of rotatable bonds is 0. The number of fused-ring (bicyclic) bond motifs is 2. The summed E-state index contributed by atoms with van der Waals surface area (Å²) in [6.45, 7) is 4.36. The molecule has 0 radical (unpaired) electrons. The van der Waals surface area contributed by atoms with E-state index >= 15 is 0 Å². The SMILES string of the molecule is Cc1cn2c3coc4cc[n+](C)c(c5c(C)ccc1c52)c43. The summed E-state index contributed by atoms with van der Waals surface area (Å²) in [5.74, 6) is 0. The Bertz CT molecular complexity index is 1160. The second-order valence-electron chi connectivity index (χ2n) is 5.97. The Morgan fingerprint density at radius 2 is 1.90 bits per heavy atom. The van der Waals surface area contributed by atoms with Crippen LogP contribution in [0.4, 0.5) is 0 Å². The van der Waals surface area contributed by atoms with Gasteiger partial charge in [-0.2, -0.15) is 0 Å². The zero-order valence-corrected chi connectivity index (χ0v) is 12.3. The zero-order chi connectivity index (χ0) is 14.3. The summed E-state index contributed by atoms with van der Waals surface area (Å²) in [4.78, 5) is 0. The van der Waals surface area contributed by atoms with Crippen LogP contribution in [0.3, 0.4) is 0 Å². The Hall–Kier alpha value is -2.55. The lowest BCUT2D eigenvalue weighted by molar-refractivity contribution is -0.643. The molecule has 0 aliphatic heterocycles. The maximum Gasteiger partial charge on any atom is 0.228 e. The molecule has 0 unspecified atom stereocenters. The number of furan rings is 1. The molecule has 0 saturated carbocycles. The average molecular weight is 275 g/mol. The summed E-state index contributed by atoms with van der Waals surface area (Å²) in [5, 5.41) is 3.85. The Morgan fingerprint density at radius 1 is 1.05 bits per heavy atom. The fraction of sp³-hybridized carbons (Fsp3) is 0.167. The van der Waals surface area contributed by atoms with Gasteiger partial charge in [-0.25, -0.2) is 4.57 Å². The largest absolute Gasteiger partial charge is 0.462 e. The predicted molar refractivity (Wildman–Crippen MR) is 84.0 cm³/mol. The van der Waals surface area contributed by atoms with Gasteiger partial charge < -0.3 is 8.82 Å². The van der Waals surface area contributed by atoms with Crippen LogP contribution in [-0.4, -0.2) is 4.40 Å². The fourth-order valence-corrected chi connectivity index (χ4v) is 3.71. The van der Waals surface area contributed by atoms with Gasteiger partial charge in [0.1, 0.15) is 24.3 Å². The highest BCUT2D eigenvalue weighted by Gasteiger charge is 2.23. The normalized spacial score (nSPS) is 12.5. The molecule has 21 heavy (non-hydrogen) atoms. The molecule has 0 aliphatic rings. The first-order valence-corrected chi connectivity index (χ1v) is 7.18. The molecule has 3 nitrogen and oxygen atoms in total. The van der Waals surface area contributed by atoms with Crippen LogP contribution in [0.1, 0.15) is 11.1 Å². The van der Waals surface area contributed by atoms with Crippen molar-refractivity contribution in [2.75, 3.05) is 0 Å². The van der Waals surface area contributed by atoms with E-state index in [-0.39, 0.29) is 0 Å². The number of pyridine rings is 2. The van der Waals surface area contributed by atoms with E-state index in [9.17, 15) is 0 Å². The van der Waals surface area contributed by atoms with Crippen LogP contribution in [0, 0.1) is 13.8 Å². The van der Waals surface area contributed by atoms with Gasteiger partial charge in [0.05, 0.1) is 16.4 Å². The highest BCUT2D eigenvalue weighted by Crippen LogP contribution is 2.37. The number of aryl methyl sites for hydroxylation is 3. The van der Waals surface area contributed by atoms with Crippen molar-refractivity contribution in [3.05, 3.63) is 48.0 Å². The van der Waals surface area contributed by atoms with Crippen molar-refractivity contribution < 1.29 is 8.98 Å². The van der Waals surface area contributed by atoms with E-state index in [0.29, 0.717) is 0 Å². The highest BCUT2D eigenvalue weighted by atomic mass is 16.3. The molecule has 4 aromatic heterocycles. The molecule has 0 aliphatic carbocycles. The van der Waals surface area contributed by atoms with Crippen molar-refractivity contribution in [2.24, 2.45) is 7.05 Å². The van der Waals surface area contributed by atoms with Crippen molar-refractivity contribution in [3.8, 4) is 0 Å². The van der Waals surface area contributed by atoms with Gasteiger partial charge in [0.25, 0.3) is 0 Å². The molecule has 0 bridgehead atoms. The smallest absolute Gasteiger partial charge is 0.228 e. The molecule has 0 amide bonds. The third-order valence-corrected chi connectivity index (χ3v) is 4.71. The zero-order valence-electron chi connectivity index (χ0n) is 12.3. The molecule has 1 aromatic carbocycles. The molecular weight excluding hydrogens is 260 g/mol. The minimum Gasteiger partial charge on any atom is -0.462 e. The summed E-state index contributed by atoms with van der Waals surface area (Å²) < 4.78 is 10.3. The lowest BCUT2D eigenvalue weighted by Crippen LogP contribution is -2.28. The lowest BCUT2D eigenvalue weighted by atomic mass is 10.0. The summed E-state index contributed by atoms with van der Waals surface area (Å²) in [6.07, 6.45) is 6.17. The Balaban J connectivity index is 2.34. The van der Waals surface area contributed by atoms with Crippen molar-refractivity contribution in [2.45, 2.75) is 13.8 Å². The molecule has 0 saturated heterocycles. The van der Waals surface area contributed by atoms with Gasteiger partial charge in [-0.3, -0.25) is 0 Å². The molecular formula is C18H15N2O+. The molecule has 5 rings (SSSR count). The first-order valence-electron chi connectivity index (χ1n) is 7.18. The number of hydrogen-bond acceptors (Lipinski definition) is 1. The molecule has 4 heterocycles. The molecule has 102 valence electrons. The monoisotopic (exact) mass is 275 g/mol. The van der Waals surface area contributed by atoms with Crippen molar-refractivity contribution in [3.63, 3.8) is 0 Å². The average Bonchev–Trinajstić information content (AvgIpc) is 3.02. The fourth-order valence-electron chi connectivity index (χ4n) is 3.71. The molecule has 5 aromatic rings. The summed E-state index contributed by atoms with van der Waals surface area (Å²) in [7, 11) is 2.11. The number of aromatic nitrogens is 2. The van der Waals surface area contributed by atoms with Crippen LogP contribution in [0.5, 0.6) is 0 Å². The third kappa shape index (κ3) is 1.14. The van der Waals surface area contributed by atoms with E-state index < -0.39 is 0 Å². The summed E-state index contributed by atoms with van der Waals surface area (Å²) in [6, 6.07) is 6.49. The van der Waals surface area contributed by atoms with Crippen LogP contribution in [-0.2, 0) is 7.05 Å².